The maximum absolute atomic E-state index is 13.0. The van der Waals surface area contributed by atoms with Crippen LogP contribution in [0.5, 0.6) is 0 Å². The smallest absolute Gasteiger partial charge is 0.276 e. The molecule has 1 aliphatic rings. The largest absolute Gasteiger partial charge is 0.372 e. The van der Waals surface area contributed by atoms with Crippen LogP contribution in [0.1, 0.15) is 30.0 Å². The third-order valence-electron chi connectivity index (χ3n) is 4.69. The summed E-state index contributed by atoms with van der Waals surface area (Å²) in [7, 11) is 0. The predicted molar refractivity (Wildman–Crippen MR) is 97.3 cm³/mol. The number of rotatable bonds is 2. The Kier molecular flexibility index (Phi) is 4.16. The Morgan fingerprint density at radius 1 is 1.19 bits per heavy atom. The van der Waals surface area contributed by atoms with Gasteiger partial charge < -0.3 is 9.64 Å². The van der Waals surface area contributed by atoms with Gasteiger partial charge in [-0.15, -0.1) is 5.10 Å². The van der Waals surface area contributed by atoms with Gasteiger partial charge in [0.2, 0.25) is 0 Å². The molecule has 2 atom stereocenters. The fourth-order valence-corrected chi connectivity index (χ4v) is 3.54. The Balaban J connectivity index is 1.71. The number of pyridine rings is 1. The van der Waals surface area contributed by atoms with Crippen LogP contribution in [0.2, 0.25) is 0 Å². The molecule has 0 radical (unpaired) electrons. The lowest BCUT2D eigenvalue weighted by molar-refractivity contribution is -0.0587. The summed E-state index contributed by atoms with van der Waals surface area (Å²) in [6.45, 7) is 6.96. The normalized spacial score (nSPS) is 20.5. The highest BCUT2D eigenvalue weighted by Crippen LogP contribution is 2.23. The fourth-order valence-electron chi connectivity index (χ4n) is 3.54. The van der Waals surface area contributed by atoms with Gasteiger partial charge in [0.05, 0.1) is 23.6 Å². The summed E-state index contributed by atoms with van der Waals surface area (Å²) in [5, 5.41) is 10.5. The minimum Gasteiger partial charge on any atom is -0.372 e. The molecule has 1 aliphatic heterocycles. The van der Waals surface area contributed by atoms with E-state index in [-0.39, 0.29) is 18.1 Å². The lowest BCUT2D eigenvalue weighted by Crippen LogP contribution is -2.48. The van der Waals surface area contributed by atoms with Crippen molar-refractivity contribution in [3.8, 4) is 5.69 Å². The Labute approximate surface area is 151 Å². The van der Waals surface area contributed by atoms with E-state index in [4.69, 9.17) is 4.74 Å². The summed E-state index contributed by atoms with van der Waals surface area (Å²) < 4.78 is 7.44. The molecule has 0 aliphatic carbocycles. The monoisotopic (exact) mass is 351 g/mol. The lowest BCUT2D eigenvalue weighted by Gasteiger charge is -2.34. The van der Waals surface area contributed by atoms with E-state index in [1.165, 1.54) is 0 Å². The van der Waals surface area contributed by atoms with Gasteiger partial charge in [0.25, 0.3) is 5.91 Å². The standard InChI is InChI=1S/C19H21N5O2/c1-12-10-23(11-13(2)26-12)19(25)18-14(3)24(22-21-18)17-6-4-5-15-9-20-8-7-16(15)17/h4-9,12-13H,10-11H2,1-3H3/t12-,13-/m1/s1. The van der Waals surface area contributed by atoms with Gasteiger partial charge in [0.1, 0.15) is 0 Å². The number of morpholine rings is 1. The molecule has 134 valence electrons. The molecule has 26 heavy (non-hydrogen) atoms. The van der Waals surface area contributed by atoms with Crippen molar-refractivity contribution in [1.29, 1.82) is 0 Å². The minimum absolute atomic E-state index is 0.0172. The second-order valence-corrected chi connectivity index (χ2v) is 6.78. The maximum atomic E-state index is 13.0. The molecule has 1 aromatic carbocycles. The number of ether oxygens (including phenoxy) is 1. The molecular formula is C19H21N5O2. The van der Waals surface area contributed by atoms with Crippen molar-refractivity contribution in [3.63, 3.8) is 0 Å². The summed E-state index contributed by atoms with van der Waals surface area (Å²) in [5.41, 5.74) is 2.00. The number of benzene rings is 1. The van der Waals surface area contributed by atoms with E-state index in [0.29, 0.717) is 18.8 Å². The second-order valence-electron chi connectivity index (χ2n) is 6.78. The summed E-state index contributed by atoms with van der Waals surface area (Å²) in [5.74, 6) is -0.0994. The molecule has 7 heteroatoms. The highest BCUT2D eigenvalue weighted by molar-refractivity contribution is 5.94. The van der Waals surface area contributed by atoms with Crippen molar-refractivity contribution in [2.24, 2.45) is 0 Å². The van der Waals surface area contributed by atoms with E-state index >= 15 is 0 Å². The van der Waals surface area contributed by atoms with Gasteiger partial charge in [0.15, 0.2) is 5.69 Å². The molecule has 0 unspecified atom stereocenters. The molecule has 0 N–H and O–H groups in total. The predicted octanol–water partition coefficient (Wildman–Crippen LogP) is 2.37. The van der Waals surface area contributed by atoms with Gasteiger partial charge in [-0.25, -0.2) is 4.68 Å². The number of aromatic nitrogens is 4. The van der Waals surface area contributed by atoms with Crippen molar-refractivity contribution in [2.45, 2.75) is 33.0 Å². The molecule has 0 bridgehead atoms. The van der Waals surface area contributed by atoms with E-state index in [0.717, 1.165) is 22.2 Å². The van der Waals surface area contributed by atoms with Gasteiger partial charge in [-0.3, -0.25) is 9.78 Å². The number of carbonyl (C=O) groups is 1. The van der Waals surface area contributed by atoms with Crippen LogP contribution in [0.4, 0.5) is 0 Å². The summed E-state index contributed by atoms with van der Waals surface area (Å²) in [6.07, 6.45) is 3.60. The summed E-state index contributed by atoms with van der Waals surface area (Å²) >= 11 is 0. The topological polar surface area (TPSA) is 73.1 Å². The molecule has 0 saturated carbocycles. The molecule has 3 heterocycles. The Hall–Kier alpha value is -2.80. The first kappa shape index (κ1) is 16.7. The third-order valence-corrected chi connectivity index (χ3v) is 4.69. The molecule has 0 spiro atoms. The Morgan fingerprint density at radius 3 is 2.73 bits per heavy atom. The van der Waals surface area contributed by atoms with Crippen LogP contribution >= 0.6 is 0 Å². The number of hydrogen-bond acceptors (Lipinski definition) is 5. The molecule has 1 fully saturated rings. The highest BCUT2D eigenvalue weighted by atomic mass is 16.5. The molecule has 1 saturated heterocycles. The number of nitrogens with zero attached hydrogens (tertiary/aromatic N) is 5. The zero-order valence-corrected chi connectivity index (χ0v) is 15.1. The van der Waals surface area contributed by atoms with Crippen LogP contribution in [-0.2, 0) is 4.74 Å². The van der Waals surface area contributed by atoms with E-state index in [2.05, 4.69) is 15.3 Å². The Bertz CT molecular complexity index is 952. The molecule has 1 amide bonds. The number of carbonyl (C=O) groups excluding carboxylic acids is 1. The molecule has 2 aromatic heterocycles. The zero-order chi connectivity index (χ0) is 18.3. The van der Waals surface area contributed by atoms with Crippen LogP contribution in [0, 0.1) is 6.92 Å². The van der Waals surface area contributed by atoms with Gasteiger partial charge in [0, 0.05) is 36.3 Å². The van der Waals surface area contributed by atoms with Crippen LogP contribution < -0.4 is 0 Å². The van der Waals surface area contributed by atoms with Crippen molar-refractivity contribution >= 4 is 16.7 Å². The fraction of sp³-hybridized carbons (Fsp3) is 0.368. The van der Waals surface area contributed by atoms with E-state index < -0.39 is 0 Å². The summed E-state index contributed by atoms with van der Waals surface area (Å²) in [4.78, 5) is 18.9. The molecule has 4 rings (SSSR count). The number of hydrogen-bond donors (Lipinski definition) is 0. The molecular weight excluding hydrogens is 330 g/mol. The van der Waals surface area contributed by atoms with Crippen LogP contribution in [0.15, 0.2) is 36.7 Å². The van der Waals surface area contributed by atoms with Crippen molar-refractivity contribution in [3.05, 3.63) is 48.0 Å². The number of fused-ring (bicyclic) bond motifs is 1. The first-order valence-electron chi connectivity index (χ1n) is 8.74. The number of amides is 1. The quantitative estimate of drug-likeness (QED) is 0.709. The summed E-state index contributed by atoms with van der Waals surface area (Å²) in [6, 6.07) is 7.86. The van der Waals surface area contributed by atoms with Crippen molar-refractivity contribution in [1.82, 2.24) is 24.9 Å². The van der Waals surface area contributed by atoms with Gasteiger partial charge in [-0.2, -0.15) is 0 Å². The lowest BCUT2D eigenvalue weighted by atomic mass is 10.1. The molecule has 3 aromatic rings. The second kappa shape index (κ2) is 6.49. The minimum atomic E-state index is -0.0994. The zero-order valence-electron chi connectivity index (χ0n) is 15.1. The van der Waals surface area contributed by atoms with Crippen molar-refractivity contribution in [2.75, 3.05) is 13.1 Å². The third kappa shape index (κ3) is 2.84. The average molecular weight is 351 g/mol. The van der Waals surface area contributed by atoms with E-state index in [1.807, 2.05) is 51.2 Å². The van der Waals surface area contributed by atoms with Gasteiger partial charge in [-0.1, -0.05) is 17.3 Å². The molecule has 7 nitrogen and oxygen atoms in total. The van der Waals surface area contributed by atoms with Gasteiger partial charge >= 0.3 is 0 Å². The Morgan fingerprint density at radius 2 is 1.96 bits per heavy atom. The van der Waals surface area contributed by atoms with Crippen LogP contribution in [0.3, 0.4) is 0 Å². The van der Waals surface area contributed by atoms with E-state index in [1.54, 1.807) is 15.8 Å². The first-order chi connectivity index (χ1) is 12.5. The van der Waals surface area contributed by atoms with E-state index in [9.17, 15) is 4.79 Å². The SMILES string of the molecule is Cc1c(C(=O)N2C[C@@H](C)O[C@H](C)C2)nnn1-c1cccc2cnccc12. The first-order valence-corrected chi connectivity index (χ1v) is 8.74. The highest BCUT2D eigenvalue weighted by Gasteiger charge is 2.29. The maximum Gasteiger partial charge on any atom is 0.276 e. The van der Waals surface area contributed by atoms with Crippen LogP contribution in [0.25, 0.3) is 16.5 Å². The van der Waals surface area contributed by atoms with Gasteiger partial charge in [-0.05, 0) is 32.9 Å². The van der Waals surface area contributed by atoms with Crippen molar-refractivity contribution < 1.29 is 9.53 Å². The average Bonchev–Trinajstić information content (AvgIpc) is 3.01. The van der Waals surface area contributed by atoms with Crippen LogP contribution in [-0.4, -0.2) is 56.1 Å².